The average molecular weight is 324 g/mol. The van der Waals surface area contributed by atoms with Crippen LogP contribution in [0, 0.1) is 6.92 Å². The molecule has 0 aliphatic carbocycles. The minimum Gasteiger partial charge on any atom is -0.313 e. The van der Waals surface area contributed by atoms with Crippen LogP contribution in [0.3, 0.4) is 0 Å². The lowest BCUT2D eigenvalue weighted by atomic mass is 10.2. The summed E-state index contributed by atoms with van der Waals surface area (Å²) in [6, 6.07) is 9.06. The Kier molecular flexibility index (Phi) is 5.39. The second-order valence-electron chi connectivity index (χ2n) is 4.93. The van der Waals surface area contributed by atoms with E-state index < -0.39 is 10.0 Å². The molecule has 2 aromatic rings. The zero-order chi connectivity index (χ0) is 15.3. The predicted molar refractivity (Wildman–Crippen MR) is 88.3 cm³/mol. The third-order valence-electron chi connectivity index (χ3n) is 2.92. The van der Waals surface area contributed by atoms with E-state index in [1.54, 1.807) is 12.1 Å². The van der Waals surface area contributed by atoms with Gasteiger partial charge < -0.3 is 5.32 Å². The summed E-state index contributed by atoms with van der Waals surface area (Å²) < 4.78 is 27.6. The molecular weight excluding hydrogens is 304 g/mol. The van der Waals surface area contributed by atoms with Gasteiger partial charge in [-0.05, 0) is 54.6 Å². The molecule has 0 aliphatic heterocycles. The number of anilines is 1. The van der Waals surface area contributed by atoms with E-state index in [9.17, 15) is 8.42 Å². The molecule has 114 valence electrons. The molecule has 0 fully saturated rings. The zero-order valence-corrected chi connectivity index (χ0v) is 13.9. The molecule has 0 spiro atoms. The normalized spacial score (nSPS) is 11.5. The van der Waals surface area contributed by atoms with Crippen molar-refractivity contribution in [1.82, 2.24) is 5.32 Å². The van der Waals surface area contributed by atoms with Crippen LogP contribution in [0.15, 0.2) is 39.9 Å². The second kappa shape index (κ2) is 7.06. The van der Waals surface area contributed by atoms with Gasteiger partial charge in [0.2, 0.25) is 0 Å². The number of aryl methyl sites for hydroxylation is 1. The highest BCUT2D eigenvalue weighted by Crippen LogP contribution is 2.23. The number of sulfonamides is 1. The van der Waals surface area contributed by atoms with Crippen LogP contribution in [0.1, 0.15) is 24.5 Å². The Labute approximate surface area is 130 Å². The maximum absolute atomic E-state index is 12.3. The van der Waals surface area contributed by atoms with Crippen molar-refractivity contribution in [2.24, 2.45) is 0 Å². The molecule has 0 atom stereocenters. The molecule has 0 unspecified atom stereocenters. The Morgan fingerprint density at radius 1 is 1.24 bits per heavy atom. The number of nitrogens with one attached hydrogen (secondary N) is 2. The average Bonchev–Trinajstić information content (AvgIpc) is 2.88. The number of hydrogen-bond donors (Lipinski definition) is 2. The number of thiophene rings is 1. The number of rotatable bonds is 7. The van der Waals surface area contributed by atoms with Crippen molar-refractivity contribution in [3.63, 3.8) is 0 Å². The van der Waals surface area contributed by atoms with Crippen LogP contribution in [0.25, 0.3) is 0 Å². The summed E-state index contributed by atoms with van der Waals surface area (Å²) in [5, 5.41) is 5.15. The van der Waals surface area contributed by atoms with Crippen molar-refractivity contribution < 1.29 is 8.42 Å². The van der Waals surface area contributed by atoms with Gasteiger partial charge in [0.15, 0.2) is 0 Å². The lowest BCUT2D eigenvalue weighted by Crippen LogP contribution is -2.13. The third kappa shape index (κ3) is 4.56. The van der Waals surface area contributed by atoms with Crippen LogP contribution >= 0.6 is 11.3 Å². The number of benzene rings is 1. The first kappa shape index (κ1) is 16.0. The first-order valence-corrected chi connectivity index (χ1v) is 9.25. The van der Waals surface area contributed by atoms with Gasteiger partial charge in [-0.1, -0.05) is 19.1 Å². The molecule has 0 saturated carbocycles. The molecule has 6 heteroatoms. The van der Waals surface area contributed by atoms with Crippen LogP contribution in [-0.4, -0.2) is 15.0 Å². The molecule has 1 aromatic heterocycles. The summed E-state index contributed by atoms with van der Waals surface area (Å²) in [6.07, 6.45) is 1.06. The SMILES string of the molecule is CCCNCc1csc(S(=O)(=O)Nc2cccc(C)c2)c1. The summed E-state index contributed by atoms with van der Waals surface area (Å²) in [7, 11) is -3.50. The Hall–Kier alpha value is -1.37. The van der Waals surface area contributed by atoms with Crippen molar-refractivity contribution in [3.05, 3.63) is 46.8 Å². The van der Waals surface area contributed by atoms with Gasteiger partial charge in [0, 0.05) is 12.2 Å². The molecule has 1 heterocycles. The standard InChI is InChI=1S/C15H20N2O2S2/c1-3-7-16-10-13-9-15(20-11-13)21(18,19)17-14-6-4-5-12(2)8-14/h4-6,8-9,11,16-17H,3,7,10H2,1-2H3. The van der Waals surface area contributed by atoms with Crippen molar-refractivity contribution in [3.8, 4) is 0 Å². The molecular formula is C15H20N2O2S2. The van der Waals surface area contributed by atoms with E-state index >= 15 is 0 Å². The van der Waals surface area contributed by atoms with Crippen molar-refractivity contribution in [2.75, 3.05) is 11.3 Å². The maximum Gasteiger partial charge on any atom is 0.271 e. The quantitative estimate of drug-likeness (QED) is 0.768. The van der Waals surface area contributed by atoms with Crippen LogP contribution in [-0.2, 0) is 16.6 Å². The third-order valence-corrected chi connectivity index (χ3v) is 5.79. The first-order chi connectivity index (χ1) is 10.0. The summed E-state index contributed by atoms with van der Waals surface area (Å²) in [5.41, 5.74) is 2.61. The minimum atomic E-state index is -3.50. The highest BCUT2D eigenvalue weighted by atomic mass is 32.2. The van der Waals surface area contributed by atoms with Gasteiger partial charge in [-0.2, -0.15) is 0 Å². The second-order valence-corrected chi connectivity index (χ2v) is 7.75. The highest BCUT2D eigenvalue weighted by molar-refractivity contribution is 7.94. The van der Waals surface area contributed by atoms with E-state index in [1.807, 2.05) is 30.5 Å². The fourth-order valence-corrected chi connectivity index (χ4v) is 4.17. The molecule has 0 radical (unpaired) electrons. The zero-order valence-electron chi connectivity index (χ0n) is 12.2. The fourth-order valence-electron chi connectivity index (χ4n) is 1.91. The summed E-state index contributed by atoms with van der Waals surface area (Å²) >= 11 is 1.25. The van der Waals surface area contributed by atoms with Gasteiger partial charge in [-0.15, -0.1) is 11.3 Å². The van der Waals surface area contributed by atoms with E-state index in [4.69, 9.17) is 0 Å². The van der Waals surface area contributed by atoms with Gasteiger partial charge >= 0.3 is 0 Å². The molecule has 0 bridgehead atoms. The van der Waals surface area contributed by atoms with Crippen LogP contribution in [0.2, 0.25) is 0 Å². The van der Waals surface area contributed by atoms with Gasteiger partial charge in [-0.3, -0.25) is 4.72 Å². The van der Waals surface area contributed by atoms with Crippen LogP contribution in [0.5, 0.6) is 0 Å². The van der Waals surface area contributed by atoms with E-state index in [-0.39, 0.29) is 0 Å². The van der Waals surface area contributed by atoms with Crippen molar-refractivity contribution >= 4 is 27.0 Å². The molecule has 0 aliphatic rings. The van der Waals surface area contributed by atoms with Crippen molar-refractivity contribution in [2.45, 2.75) is 31.0 Å². The Morgan fingerprint density at radius 3 is 2.76 bits per heavy atom. The Bertz CT molecular complexity index is 693. The molecule has 2 rings (SSSR count). The van der Waals surface area contributed by atoms with Crippen LogP contribution < -0.4 is 10.0 Å². The molecule has 1 aromatic carbocycles. The lowest BCUT2D eigenvalue weighted by molar-refractivity contribution is 0.603. The molecule has 2 N–H and O–H groups in total. The molecule has 0 saturated heterocycles. The maximum atomic E-state index is 12.3. The highest BCUT2D eigenvalue weighted by Gasteiger charge is 2.16. The first-order valence-electron chi connectivity index (χ1n) is 6.89. The van der Waals surface area contributed by atoms with Crippen LogP contribution in [0.4, 0.5) is 5.69 Å². The Morgan fingerprint density at radius 2 is 2.05 bits per heavy atom. The van der Waals surface area contributed by atoms with Gasteiger partial charge in [0.05, 0.1) is 0 Å². The summed E-state index contributed by atoms with van der Waals surface area (Å²) in [4.78, 5) is 0. The monoisotopic (exact) mass is 324 g/mol. The fraction of sp³-hybridized carbons (Fsp3) is 0.333. The Balaban J connectivity index is 2.09. The topological polar surface area (TPSA) is 58.2 Å². The van der Waals surface area contributed by atoms with E-state index in [2.05, 4.69) is 17.0 Å². The van der Waals surface area contributed by atoms with E-state index in [1.165, 1.54) is 11.3 Å². The smallest absolute Gasteiger partial charge is 0.271 e. The lowest BCUT2D eigenvalue weighted by Gasteiger charge is -2.06. The summed E-state index contributed by atoms with van der Waals surface area (Å²) in [6.45, 7) is 5.66. The molecule has 4 nitrogen and oxygen atoms in total. The van der Waals surface area contributed by atoms with Crippen molar-refractivity contribution in [1.29, 1.82) is 0 Å². The minimum absolute atomic E-state index is 0.345. The summed E-state index contributed by atoms with van der Waals surface area (Å²) in [5.74, 6) is 0. The van der Waals surface area contributed by atoms with E-state index in [0.29, 0.717) is 16.4 Å². The van der Waals surface area contributed by atoms with Gasteiger partial charge in [-0.25, -0.2) is 8.42 Å². The molecule has 0 amide bonds. The van der Waals surface area contributed by atoms with Gasteiger partial charge in [0.1, 0.15) is 4.21 Å². The number of hydrogen-bond acceptors (Lipinski definition) is 4. The van der Waals surface area contributed by atoms with Gasteiger partial charge in [0.25, 0.3) is 10.0 Å². The van der Waals surface area contributed by atoms with E-state index in [0.717, 1.165) is 24.1 Å². The predicted octanol–water partition coefficient (Wildman–Crippen LogP) is 3.36. The molecule has 21 heavy (non-hydrogen) atoms. The largest absolute Gasteiger partial charge is 0.313 e.